The van der Waals surface area contributed by atoms with E-state index in [1.54, 1.807) is 12.3 Å². The van der Waals surface area contributed by atoms with Crippen LogP contribution in [-0.4, -0.2) is 29.4 Å². The molecule has 2 fully saturated rings. The molecule has 0 atom stereocenters. The van der Waals surface area contributed by atoms with Gasteiger partial charge < -0.3 is 15.1 Å². The Morgan fingerprint density at radius 1 is 1.59 bits per heavy atom. The molecule has 0 unspecified atom stereocenters. The van der Waals surface area contributed by atoms with Crippen molar-refractivity contribution in [1.82, 2.24) is 4.90 Å². The Kier molecular flexibility index (Phi) is 2.30. The first-order valence-electron chi connectivity index (χ1n) is 6.28. The van der Waals surface area contributed by atoms with Crippen LogP contribution >= 0.6 is 0 Å². The molecule has 1 saturated carbocycles. The first kappa shape index (κ1) is 10.8. The Labute approximate surface area is 101 Å². The lowest BCUT2D eigenvalue weighted by molar-refractivity contribution is 0.0348. The molecule has 3 rings (SSSR count). The molecule has 1 aliphatic carbocycles. The molecule has 2 N–H and O–H groups in total. The molecule has 1 aromatic rings. The number of aryl methyl sites for hydroxylation is 1. The van der Waals surface area contributed by atoms with Crippen LogP contribution in [0.4, 0.5) is 0 Å². The van der Waals surface area contributed by atoms with Gasteiger partial charge in [-0.15, -0.1) is 0 Å². The number of hydrogen-bond acceptors (Lipinski definition) is 3. The molecule has 2 aliphatic rings. The summed E-state index contributed by atoms with van der Waals surface area (Å²) in [6.07, 6.45) is 4.79. The van der Waals surface area contributed by atoms with E-state index in [9.17, 15) is 4.79 Å². The summed E-state index contributed by atoms with van der Waals surface area (Å²) in [6, 6.07) is 1.76. The summed E-state index contributed by atoms with van der Waals surface area (Å²) >= 11 is 0. The molecule has 92 valence electrons. The second-order valence-corrected chi connectivity index (χ2v) is 5.28. The minimum Gasteiger partial charge on any atom is -0.469 e. The third kappa shape index (κ3) is 1.67. The van der Waals surface area contributed by atoms with E-state index in [1.165, 1.54) is 12.8 Å². The third-order valence-corrected chi connectivity index (χ3v) is 3.95. The number of nitrogens with zero attached hydrogens (tertiary/aromatic N) is 1. The summed E-state index contributed by atoms with van der Waals surface area (Å²) in [4.78, 5) is 14.0. The van der Waals surface area contributed by atoms with Crippen LogP contribution in [0.3, 0.4) is 0 Å². The molecule has 0 aromatic carbocycles. The van der Waals surface area contributed by atoms with Crippen LogP contribution < -0.4 is 5.73 Å². The van der Waals surface area contributed by atoms with Crippen molar-refractivity contribution in [2.75, 3.05) is 13.1 Å². The molecular formula is C13H18N2O2. The summed E-state index contributed by atoms with van der Waals surface area (Å²) in [6.45, 7) is 3.39. The van der Waals surface area contributed by atoms with Crippen LogP contribution in [0.15, 0.2) is 16.7 Å². The molecule has 1 saturated heterocycles. The maximum Gasteiger partial charge on any atom is 0.257 e. The quantitative estimate of drug-likeness (QED) is 0.860. The second-order valence-electron chi connectivity index (χ2n) is 5.28. The first-order chi connectivity index (χ1) is 8.14. The van der Waals surface area contributed by atoms with Crippen molar-refractivity contribution in [3.05, 3.63) is 23.7 Å². The predicted octanol–water partition coefficient (Wildman–Crippen LogP) is 1.41. The van der Waals surface area contributed by atoms with Crippen LogP contribution in [0.1, 0.15) is 35.9 Å². The van der Waals surface area contributed by atoms with Gasteiger partial charge in [0.1, 0.15) is 5.76 Å². The van der Waals surface area contributed by atoms with E-state index in [4.69, 9.17) is 10.2 Å². The van der Waals surface area contributed by atoms with Gasteiger partial charge in [0.2, 0.25) is 0 Å². The number of amides is 1. The van der Waals surface area contributed by atoms with E-state index in [1.807, 2.05) is 11.8 Å². The zero-order valence-corrected chi connectivity index (χ0v) is 10.1. The van der Waals surface area contributed by atoms with Gasteiger partial charge in [-0.3, -0.25) is 4.79 Å². The lowest BCUT2D eigenvalue weighted by atomic mass is 9.85. The molecule has 0 radical (unpaired) electrons. The van der Waals surface area contributed by atoms with Crippen molar-refractivity contribution in [2.24, 2.45) is 11.7 Å². The van der Waals surface area contributed by atoms with Crippen LogP contribution in [0.2, 0.25) is 0 Å². The Morgan fingerprint density at radius 2 is 2.29 bits per heavy atom. The molecule has 0 spiro atoms. The molecular weight excluding hydrogens is 216 g/mol. The normalized spacial score (nSPS) is 22.4. The zero-order chi connectivity index (χ0) is 12.0. The SMILES string of the molecule is CCc1occc1C(=O)N1CC(N)(C2CC2)C1. The van der Waals surface area contributed by atoms with E-state index in [0.29, 0.717) is 24.6 Å². The van der Waals surface area contributed by atoms with E-state index >= 15 is 0 Å². The largest absolute Gasteiger partial charge is 0.469 e. The molecule has 1 aromatic heterocycles. The van der Waals surface area contributed by atoms with Gasteiger partial charge in [-0.25, -0.2) is 0 Å². The summed E-state index contributed by atoms with van der Waals surface area (Å²) in [7, 11) is 0. The number of nitrogens with two attached hydrogens (primary N) is 1. The monoisotopic (exact) mass is 234 g/mol. The molecule has 2 heterocycles. The zero-order valence-electron chi connectivity index (χ0n) is 10.1. The highest BCUT2D eigenvalue weighted by molar-refractivity contribution is 5.96. The second kappa shape index (κ2) is 3.60. The minimum absolute atomic E-state index is 0.0670. The number of carbonyl (C=O) groups is 1. The molecule has 4 heteroatoms. The lowest BCUT2D eigenvalue weighted by Gasteiger charge is -2.48. The van der Waals surface area contributed by atoms with Crippen LogP contribution in [0, 0.1) is 5.92 Å². The Morgan fingerprint density at radius 3 is 2.88 bits per heavy atom. The van der Waals surface area contributed by atoms with Crippen LogP contribution in [-0.2, 0) is 6.42 Å². The highest BCUT2D eigenvalue weighted by Crippen LogP contribution is 2.43. The van der Waals surface area contributed by atoms with Crippen molar-refractivity contribution < 1.29 is 9.21 Å². The van der Waals surface area contributed by atoms with Gasteiger partial charge in [-0.1, -0.05) is 6.92 Å². The van der Waals surface area contributed by atoms with Gasteiger partial charge in [-0.05, 0) is 24.8 Å². The number of likely N-dealkylation sites (tertiary alicyclic amines) is 1. The van der Waals surface area contributed by atoms with Gasteiger partial charge in [-0.2, -0.15) is 0 Å². The standard InChI is InChI=1S/C13H18N2O2/c1-2-11-10(5-6-17-11)12(16)15-7-13(14,8-15)9-3-4-9/h5-6,9H,2-4,7-8,14H2,1H3. The number of hydrogen-bond donors (Lipinski definition) is 1. The number of carbonyl (C=O) groups excluding carboxylic acids is 1. The minimum atomic E-state index is -0.105. The number of furan rings is 1. The van der Waals surface area contributed by atoms with E-state index < -0.39 is 0 Å². The molecule has 0 bridgehead atoms. The lowest BCUT2D eigenvalue weighted by Crippen LogP contribution is -2.69. The fourth-order valence-electron chi connectivity index (χ4n) is 2.70. The highest BCUT2D eigenvalue weighted by atomic mass is 16.3. The molecule has 17 heavy (non-hydrogen) atoms. The van der Waals surface area contributed by atoms with Gasteiger partial charge in [0.25, 0.3) is 5.91 Å². The maximum absolute atomic E-state index is 12.2. The van der Waals surface area contributed by atoms with Crippen LogP contribution in [0.5, 0.6) is 0 Å². The fourth-order valence-corrected chi connectivity index (χ4v) is 2.70. The highest BCUT2D eigenvalue weighted by Gasteiger charge is 2.51. The Hall–Kier alpha value is -1.29. The smallest absolute Gasteiger partial charge is 0.257 e. The topological polar surface area (TPSA) is 59.5 Å². The average Bonchev–Trinajstić information content (AvgIpc) is 3.02. The van der Waals surface area contributed by atoms with Gasteiger partial charge in [0.15, 0.2) is 0 Å². The average molecular weight is 234 g/mol. The van der Waals surface area contributed by atoms with Gasteiger partial charge in [0, 0.05) is 19.5 Å². The summed E-state index contributed by atoms with van der Waals surface area (Å²) in [5.41, 5.74) is 6.84. The summed E-state index contributed by atoms with van der Waals surface area (Å²) < 4.78 is 5.29. The predicted molar refractivity (Wildman–Crippen MR) is 63.6 cm³/mol. The van der Waals surface area contributed by atoms with Crippen molar-refractivity contribution in [1.29, 1.82) is 0 Å². The first-order valence-corrected chi connectivity index (χ1v) is 6.28. The van der Waals surface area contributed by atoms with Gasteiger partial charge in [0.05, 0.1) is 17.4 Å². The Bertz CT molecular complexity index is 442. The van der Waals surface area contributed by atoms with E-state index in [2.05, 4.69) is 0 Å². The third-order valence-electron chi connectivity index (χ3n) is 3.95. The molecule has 1 aliphatic heterocycles. The van der Waals surface area contributed by atoms with E-state index in [-0.39, 0.29) is 11.4 Å². The number of rotatable bonds is 3. The van der Waals surface area contributed by atoms with Crippen molar-refractivity contribution in [3.8, 4) is 0 Å². The summed E-state index contributed by atoms with van der Waals surface area (Å²) in [5.74, 6) is 1.48. The molecule has 1 amide bonds. The van der Waals surface area contributed by atoms with Crippen molar-refractivity contribution in [2.45, 2.75) is 31.7 Å². The molecule has 4 nitrogen and oxygen atoms in total. The Balaban J connectivity index is 1.69. The van der Waals surface area contributed by atoms with Crippen molar-refractivity contribution >= 4 is 5.91 Å². The van der Waals surface area contributed by atoms with Gasteiger partial charge >= 0.3 is 0 Å². The van der Waals surface area contributed by atoms with Crippen LogP contribution in [0.25, 0.3) is 0 Å². The fraction of sp³-hybridized carbons (Fsp3) is 0.615. The van der Waals surface area contributed by atoms with Crippen molar-refractivity contribution in [3.63, 3.8) is 0 Å². The maximum atomic E-state index is 12.2. The van der Waals surface area contributed by atoms with E-state index in [0.717, 1.165) is 12.2 Å². The summed E-state index contributed by atoms with van der Waals surface area (Å²) in [5, 5.41) is 0.